The van der Waals surface area contributed by atoms with Crippen LogP contribution in [0, 0.1) is 13.8 Å². The highest BCUT2D eigenvalue weighted by molar-refractivity contribution is 7.93. The zero-order chi connectivity index (χ0) is 25.3. The number of amides is 1. The van der Waals surface area contributed by atoms with Gasteiger partial charge in [0.05, 0.1) is 17.0 Å². The molecule has 2 N–H and O–H groups in total. The fourth-order valence-electron chi connectivity index (χ4n) is 3.04. The summed E-state index contributed by atoms with van der Waals surface area (Å²) in [5.74, 6) is -0.585. The van der Waals surface area contributed by atoms with Crippen LogP contribution >= 0.6 is 11.6 Å². The van der Waals surface area contributed by atoms with E-state index in [9.17, 15) is 21.6 Å². The predicted molar refractivity (Wildman–Crippen MR) is 136 cm³/mol. The second kappa shape index (κ2) is 9.65. The lowest BCUT2D eigenvalue weighted by Gasteiger charge is -2.17. The summed E-state index contributed by atoms with van der Waals surface area (Å²) in [6, 6.07) is 15.3. The Balaban J connectivity index is 1.87. The van der Waals surface area contributed by atoms with Gasteiger partial charge in [-0.05, 0) is 73.5 Å². The molecule has 0 fully saturated rings. The van der Waals surface area contributed by atoms with Crippen molar-refractivity contribution in [3.63, 3.8) is 0 Å². The van der Waals surface area contributed by atoms with Crippen LogP contribution in [0.4, 0.5) is 17.1 Å². The standard InChI is InChI=1S/C23H24ClN3O5S2/c1-15-8-10-19(12-16(15)2)26-34(31,32)22-13-17(9-11-21(22)24)23(28)25-18-6-5-7-20(14-18)27(3)33(4,29)30/h5-14,26H,1-4H3,(H,25,28). The van der Waals surface area contributed by atoms with Crippen LogP contribution in [0.25, 0.3) is 0 Å². The molecule has 0 aliphatic carbocycles. The van der Waals surface area contributed by atoms with Crippen LogP contribution in [0.15, 0.2) is 65.6 Å². The number of nitrogens with one attached hydrogen (secondary N) is 2. The molecular formula is C23H24ClN3O5S2. The molecule has 0 radical (unpaired) electrons. The highest BCUT2D eigenvalue weighted by Gasteiger charge is 2.21. The van der Waals surface area contributed by atoms with Gasteiger partial charge < -0.3 is 5.32 Å². The average Bonchev–Trinajstić information content (AvgIpc) is 2.75. The van der Waals surface area contributed by atoms with Crippen LogP contribution in [-0.4, -0.2) is 36.0 Å². The van der Waals surface area contributed by atoms with Crippen LogP contribution in [-0.2, 0) is 20.0 Å². The minimum absolute atomic E-state index is 0.0374. The minimum atomic E-state index is -4.07. The van der Waals surface area contributed by atoms with Crippen molar-refractivity contribution in [2.75, 3.05) is 27.6 Å². The van der Waals surface area contributed by atoms with Gasteiger partial charge in [0.2, 0.25) is 10.0 Å². The van der Waals surface area contributed by atoms with Crippen molar-refractivity contribution in [1.82, 2.24) is 0 Å². The fraction of sp³-hybridized carbons (Fsp3) is 0.174. The number of carbonyl (C=O) groups excluding carboxylic acids is 1. The Morgan fingerprint density at radius 1 is 0.882 bits per heavy atom. The molecule has 180 valence electrons. The van der Waals surface area contributed by atoms with Crippen LogP contribution in [0.5, 0.6) is 0 Å². The van der Waals surface area contributed by atoms with Crippen molar-refractivity contribution < 1.29 is 21.6 Å². The van der Waals surface area contributed by atoms with Gasteiger partial charge in [-0.1, -0.05) is 23.7 Å². The summed E-state index contributed by atoms with van der Waals surface area (Å²) in [6.45, 7) is 3.79. The number of rotatable bonds is 7. The molecule has 0 aliphatic rings. The summed E-state index contributed by atoms with van der Waals surface area (Å²) in [5.41, 5.74) is 3.07. The summed E-state index contributed by atoms with van der Waals surface area (Å²) >= 11 is 6.15. The largest absolute Gasteiger partial charge is 0.322 e. The van der Waals surface area contributed by atoms with E-state index >= 15 is 0 Å². The molecule has 0 unspecified atom stereocenters. The van der Waals surface area contributed by atoms with E-state index < -0.39 is 26.0 Å². The van der Waals surface area contributed by atoms with Crippen LogP contribution in [0.2, 0.25) is 5.02 Å². The number of carbonyl (C=O) groups is 1. The maximum absolute atomic E-state index is 13.0. The summed E-state index contributed by atoms with van der Waals surface area (Å²) in [6.07, 6.45) is 1.07. The van der Waals surface area contributed by atoms with Gasteiger partial charge in [0.1, 0.15) is 4.90 Å². The molecule has 0 saturated carbocycles. The topological polar surface area (TPSA) is 113 Å². The number of aryl methyl sites for hydroxylation is 2. The maximum Gasteiger partial charge on any atom is 0.263 e. The van der Waals surface area contributed by atoms with Crippen LogP contribution < -0.4 is 14.3 Å². The molecule has 1 amide bonds. The van der Waals surface area contributed by atoms with E-state index in [1.807, 2.05) is 13.8 Å². The van der Waals surface area contributed by atoms with Gasteiger partial charge in [-0.3, -0.25) is 13.8 Å². The Bertz CT molecular complexity index is 1470. The van der Waals surface area contributed by atoms with Gasteiger partial charge >= 0.3 is 0 Å². The van der Waals surface area contributed by atoms with Gasteiger partial charge in [-0.15, -0.1) is 0 Å². The molecule has 0 saturated heterocycles. The lowest BCUT2D eigenvalue weighted by atomic mass is 10.1. The van der Waals surface area contributed by atoms with Gasteiger partial charge in [-0.25, -0.2) is 16.8 Å². The first-order valence-electron chi connectivity index (χ1n) is 10.0. The Labute approximate surface area is 204 Å². The molecule has 0 atom stereocenters. The third-order valence-corrected chi connectivity index (χ3v) is 8.28. The van der Waals surface area contributed by atoms with Crippen molar-refractivity contribution in [3.8, 4) is 0 Å². The Morgan fingerprint density at radius 2 is 1.59 bits per heavy atom. The number of hydrogen-bond donors (Lipinski definition) is 2. The Kier molecular flexibility index (Phi) is 7.25. The van der Waals surface area contributed by atoms with Crippen molar-refractivity contribution in [3.05, 3.63) is 82.4 Å². The third kappa shape index (κ3) is 5.88. The summed E-state index contributed by atoms with van der Waals surface area (Å²) < 4.78 is 53.1. The first-order chi connectivity index (χ1) is 15.8. The zero-order valence-electron chi connectivity index (χ0n) is 19.0. The van der Waals surface area contributed by atoms with Gasteiger partial charge in [0.25, 0.3) is 15.9 Å². The molecule has 8 nitrogen and oxygen atoms in total. The number of anilines is 3. The molecule has 11 heteroatoms. The molecule has 3 aromatic carbocycles. The van der Waals surface area contributed by atoms with Crippen LogP contribution in [0.1, 0.15) is 21.5 Å². The normalized spacial score (nSPS) is 11.7. The first-order valence-corrected chi connectivity index (χ1v) is 13.7. The van der Waals surface area contributed by atoms with E-state index in [0.29, 0.717) is 17.1 Å². The molecule has 3 rings (SSSR count). The lowest BCUT2D eigenvalue weighted by Crippen LogP contribution is -2.24. The van der Waals surface area contributed by atoms with Crippen molar-refractivity contribution in [2.45, 2.75) is 18.7 Å². The number of sulfonamides is 2. The summed E-state index contributed by atoms with van der Waals surface area (Å²) in [5, 5.41) is 2.61. The lowest BCUT2D eigenvalue weighted by molar-refractivity contribution is 0.102. The molecular weight excluding hydrogens is 498 g/mol. The minimum Gasteiger partial charge on any atom is -0.322 e. The smallest absolute Gasteiger partial charge is 0.263 e. The third-order valence-electron chi connectivity index (χ3n) is 5.21. The summed E-state index contributed by atoms with van der Waals surface area (Å²) in [4.78, 5) is 12.6. The Hall–Kier alpha value is -3.08. The number of halogens is 1. The van der Waals surface area contributed by atoms with E-state index in [0.717, 1.165) is 21.7 Å². The van der Waals surface area contributed by atoms with Crippen LogP contribution in [0.3, 0.4) is 0 Å². The second-order valence-electron chi connectivity index (χ2n) is 7.78. The predicted octanol–water partition coefficient (Wildman–Crippen LogP) is 4.41. The second-order valence-corrected chi connectivity index (χ2v) is 11.9. The molecule has 0 heterocycles. The molecule has 34 heavy (non-hydrogen) atoms. The molecule has 0 spiro atoms. The number of benzene rings is 3. The molecule has 0 bridgehead atoms. The van der Waals surface area contributed by atoms with Crippen molar-refractivity contribution >= 4 is 54.6 Å². The van der Waals surface area contributed by atoms with Crippen molar-refractivity contribution in [1.29, 1.82) is 0 Å². The fourth-order valence-corrected chi connectivity index (χ4v) is 5.11. The zero-order valence-corrected chi connectivity index (χ0v) is 21.3. The van der Waals surface area contributed by atoms with E-state index in [2.05, 4.69) is 10.0 Å². The SMILES string of the molecule is Cc1ccc(NS(=O)(=O)c2cc(C(=O)Nc3cccc(N(C)S(C)(=O)=O)c3)ccc2Cl)cc1C. The van der Waals surface area contributed by atoms with Crippen molar-refractivity contribution in [2.24, 2.45) is 0 Å². The number of hydrogen-bond acceptors (Lipinski definition) is 5. The maximum atomic E-state index is 13.0. The summed E-state index contributed by atoms with van der Waals surface area (Å²) in [7, 11) is -6.15. The van der Waals surface area contributed by atoms with E-state index in [1.54, 1.807) is 36.4 Å². The van der Waals surface area contributed by atoms with E-state index in [-0.39, 0.29) is 15.5 Å². The average molecular weight is 522 g/mol. The molecule has 0 aromatic heterocycles. The number of nitrogens with zero attached hydrogens (tertiary/aromatic N) is 1. The molecule has 3 aromatic rings. The quantitative estimate of drug-likeness (QED) is 0.478. The van der Waals surface area contributed by atoms with Gasteiger partial charge in [0, 0.05) is 24.0 Å². The van der Waals surface area contributed by atoms with E-state index in [1.165, 1.54) is 31.3 Å². The highest BCUT2D eigenvalue weighted by Crippen LogP contribution is 2.27. The van der Waals surface area contributed by atoms with E-state index in [4.69, 9.17) is 11.6 Å². The monoisotopic (exact) mass is 521 g/mol. The van der Waals surface area contributed by atoms with Gasteiger partial charge in [0.15, 0.2) is 0 Å². The Morgan fingerprint density at radius 3 is 2.24 bits per heavy atom. The first kappa shape index (κ1) is 25.5. The van der Waals surface area contributed by atoms with Gasteiger partial charge in [-0.2, -0.15) is 0 Å². The highest BCUT2D eigenvalue weighted by atomic mass is 35.5. The molecule has 0 aliphatic heterocycles.